The topological polar surface area (TPSA) is 60.7 Å². The van der Waals surface area contributed by atoms with Crippen LogP contribution in [0.4, 0.5) is 0 Å². The first-order valence-corrected chi connectivity index (χ1v) is 9.68. The largest absolute Gasteiger partial charge is 0.298 e. The minimum Gasteiger partial charge on any atom is -0.298 e. The van der Waals surface area contributed by atoms with Crippen molar-refractivity contribution in [2.45, 2.75) is 32.5 Å². The summed E-state index contributed by atoms with van der Waals surface area (Å²) < 4.78 is 1.97. The summed E-state index contributed by atoms with van der Waals surface area (Å²) in [6.45, 7) is 10.5. The minimum atomic E-state index is 0.0965. The molecular weight excluding hydrogens is 356 g/mol. The van der Waals surface area contributed by atoms with E-state index in [1.807, 2.05) is 36.6 Å². The molecule has 138 valence electrons. The average Bonchev–Trinajstić information content (AvgIpc) is 3.06. The first-order valence-electron chi connectivity index (χ1n) is 8.69. The van der Waals surface area contributed by atoms with Gasteiger partial charge in [-0.2, -0.15) is 0 Å². The normalized spacial score (nSPS) is 10.8. The van der Waals surface area contributed by atoms with Gasteiger partial charge in [0.2, 0.25) is 0 Å². The number of Topliss-reactive ketones (excluding diaryl/α,β-unsaturated/α-hetero) is 1. The zero-order valence-electron chi connectivity index (χ0n) is 15.8. The summed E-state index contributed by atoms with van der Waals surface area (Å²) in [4.78, 5) is 16.8. The van der Waals surface area contributed by atoms with E-state index >= 15 is 0 Å². The quantitative estimate of drug-likeness (QED) is 0.346. The number of thioether (sulfide) groups is 1. The number of nitrogens with zero attached hydrogens (tertiary/aromatic N) is 4. The van der Waals surface area contributed by atoms with Crippen LogP contribution in [-0.4, -0.2) is 31.3 Å². The molecule has 0 saturated carbocycles. The van der Waals surface area contributed by atoms with Crippen molar-refractivity contribution in [1.29, 1.82) is 0 Å². The molecule has 0 aliphatic carbocycles. The fraction of sp³-hybridized carbons (Fsp3) is 0.238. The number of benzene rings is 1. The molecule has 2 aromatic heterocycles. The second-order valence-electron chi connectivity index (χ2n) is 6.40. The lowest BCUT2D eigenvalue weighted by molar-refractivity contribution is 0.102. The van der Waals surface area contributed by atoms with E-state index in [4.69, 9.17) is 0 Å². The van der Waals surface area contributed by atoms with Gasteiger partial charge in [0.05, 0.1) is 5.75 Å². The number of hydrogen-bond donors (Lipinski definition) is 0. The molecule has 2 heterocycles. The Morgan fingerprint density at radius 1 is 1.11 bits per heavy atom. The Hall–Kier alpha value is -2.73. The van der Waals surface area contributed by atoms with Crippen LogP contribution in [0.3, 0.4) is 0 Å². The van der Waals surface area contributed by atoms with Crippen molar-refractivity contribution in [3.05, 3.63) is 71.6 Å². The molecule has 0 aliphatic rings. The molecular formula is C21H22N4OS. The Balaban J connectivity index is 1.82. The Morgan fingerprint density at radius 2 is 1.81 bits per heavy atom. The summed E-state index contributed by atoms with van der Waals surface area (Å²) in [5.41, 5.74) is 5.04. The van der Waals surface area contributed by atoms with Crippen molar-refractivity contribution < 1.29 is 4.79 Å². The molecule has 0 spiro atoms. The maximum Gasteiger partial charge on any atom is 0.192 e. The van der Waals surface area contributed by atoms with Crippen LogP contribution in [0.25, 0.3) is 11.4 Å². The van der Waals surface area contributed by atoms with Gasteiger partial charge < -0.3 is 0 Å². The zero-order valence-corrected chi connectivity index (χ0v) is 16.6. The lowest BCUT2D eigenvalue weighted by Gasteiger charge is -2.10. The number of carbonyl (C=O) groups is 1. The van der Waals surface area contributed by atoms with E-state index in [9.17, 15) is 4.79 Å². The minimum absolute atomic E-state index is 0.0965. The molecule has 0 saturated heterocycles. The van der Waals surface area contributed by atoms with Crippen LogP contribution in [0, 0.1) is 20.8 Å². The van der Waals surface area contributed by atoms with E-state index in [2.05, 4.69) is 34.8 Å². The van der Waals surface area contributed by atoms with E-state index in [1.165, 1.54) is 17.3 Å². The van der Waals surface area contributed by atoms with Crippen LogP contribution in [0.2, 0.25) is 0 Å². The zero-order chi connectivity index (χ0) is 19.4. The molecule has 0 aliphatic heterocycles. The molecule has 0 N–H and O–H groups in total. The van der Waals surface area contributed by atoms with Crippen LogP contribution in [0.1, 0.15) is 27.0 Å². The van der Waals surface area contributed by atoms with Crippen LogP contribution >= 0.6 is 11.8 Å². The smallest absolute Gasteiger partial charge is 0.192 e. The number of pyridine rings is 1. The van der Waals surface area contributed by atoms with Crippen LogP contribution in [0.5, 0.6) is 0 Å². The number of ketones is 1. The van der Waals surface area contributed by atoms with E-state index in [-0.39, 0.29) is 5.78 Å². The Labute approximate surface area is 163 Å². The summed E-state index contributed by atoms with van der Waals surface area (Å²) in [6.07, 6.45) is 5.25. The monoisotopic (exact) mass is 378 g/mol. The molecule has 0 unspecified atom stereocenters. The highest BCUT2D eigenvalue weighted by molar-refractivity contribution is 7.99. The molecule has 0 fully saturated rings. The van der Waals surface area contributed by atoms with Gasteiger partial charge in [0.25, 0.3) is 0 Å². The van der Waals surface area contributed by atoms with Gasteiger partial charge in [-0.15, -0.1) is 16.8 Å². The third kappa shape index (κ3) is 4.17. The molecule has 5 nitrogen and oxygen atoms in total. The van der Waals surface area contributed by atoms with Crippen molar-refractivity contribution >= 4 is 17.5 Å². The molecule has 0 bridgehead atoms. The molecule has 0 atom stereocenters. The molecule has 0 radical (unpaired) electrons. The highest BCUT2D eigenvalue weighted by Gasteiger charge is 2.17. The van der Waals surface area contributed by atoms with E-state index in [1.54, 1.807) is 18.5 Å². The summed E-state index contributed by atoms with van der Waals surface area (Å²) in [6, 6.07) is 7.82. The van der Waals surface area contributed by atoms with E-state index < -0.39 is 0 Å². The summed E-state index contributed by atoms with van der Waals surface area (Å²) in [5.74, 6) is 1.16. The number of rotatable bonds is 7. The molecule has 6 heteroatoms. The maximum absolute atomic E-state index is 12.7. The highest BCUT2D eigenvalue weighted by atomic mass is 32.2. The summed E-state index contributed by atoms with van der Waals surface area (Å²) in [5, 5.41) is 9.30. The van der Waals surface area contributed by atoms with Gasteiger partial charge in [0.1, 0.15) is 0 Å². The van der Waals surface area contributed by atoms with E-state index in [0.29, 0.717) is 17.5 Å². The van der Waals surface area contributed by atoms with Crippen LogP contribution < -0.4 is 0 Å². The Kier molecular flexibility index (Phi) is 5.86. The van der Waals surface area contributed by atoms with Crippen molar-refractivity contribution in [2.24, 2.45) is 0 Å². The summed E-state index contributed by atoms with van der Waals surface area (Å²) in [7, 11) is 0. The van der Waals surface area contributed by atoms with Gasteiger partial charge in [-0.1, -0.05) is 23.9 Å². The Bertz CT molecular complexity index is 979. The van der Waals surface area contributed by atoms with Gasteiger partial charge >= 0.3 is 0 Å². The number of carbonyl (C=O) groups excluding carboxylic acids is 1. The predicted octanol–water partition coefficient (Wildman–Crippen LogP) is 4.43. The second kappa shape index (κ2) is 8.31. The third-order valence-corrected chi connectivity index (χ3v) is 5.41. The van der Waals surface area contributed by atoms with Gasteiger partial charge in [-0.05, 0) is 55.7 Å². The van der Waals surface area contributed by atoms with Crippen molar-refractivity contribution in [3.8, 4) is 11.4 Å². The van der Waals surface area contributed by atoms with Crippen molar-refractivity contribution in [3.63, 3.8) is 0 Å². The SMILES string of the molecule is C=CCn1c(SCC(=O)c2cc(C)c(C)cc2C)nnc1-c1ccncc1. The van der Waals surface area contributed by atoms with Crippen molar-refractivity contribution in [1.82, 2.24) is 19.7 Å². The van der Waals surface area contributed by atoms with Gasteiger partial charge in [-0.25, -0.2) is 0 Å². The lowest BCUT2D eigenvalue weighted by Crippen LogP contribution is -2.08. The number of aryl methyl sites for hydroxylation is 3. The molecule has 0 amide bonds. The average molecular weight is 379 g/mol. The lowest BCUT2D eigenvalue weighted by atomic mass is 9.99. The van der Waals surface area contributed by atoms with Gasteiger partial charge in [-0.3, -0.25) is 14.3 Å². The third-order valence-electron chi connectivity index (χ3n) is 4.44. The maximum atomic E-state index is 12.7. The standard InChI is InChI=1S/C21H22N4OS/c1-5-10-25-20(17-6-8-22-9-7-17)23-24-21(25)27-13-19(26)18-12-15(3)14(2)11-16(18)4/h5-9,11-12H,1,10,13H2,2-4H3. The molecule has 27 heavy (non-hydrogen) atoms. The predicted molar refractivity (Wildman–Crippen MR) is 109 cm³/mol. The highest BCUT2D eigenvalue weighted by Crippen LogP contribution is 2.25. The van der Waals surface area contributed by atoms with Crippen LogP contribution in [0.15, 0.2) is 54.5 Å². The molecule has 3 rings (SSSR count). The first kappa shape index (κ1) is 19.0. The molecule has 3 aromatic rings. The second-order valence-corrected chi connectivity index (χ2v) is 7.35. The summed E-state index contributed by atoms with van der Waals surface area (Å²) >= 11 is 1.40. The number of allylic oxidation sites excluding steroid dienone is 1. The van der Waals surface area contributed by atoms with Gasteiger partial charge in [0, 0.05) is 30.1 Å². The first-order chi connectivity index (χ1) is 13.0. The van der Waals surface area contributed by atoms with Gasteiger partial charge in [0.15, 0.2) is 16.8 Å². The Morgan fingerprint density at radius 3 is 2.52 bits per heavy atom. The fourth-order valence-corrected chi connectivity index (χ4v) is 3.70. The number of aromatic nitrogens is 4. The number of hydrogen-bond acceptors (Lipinski definition) is 5. The van der Waals surface area contributed by atoms with E-state index in [0.717, 1.165) is 28.1 Å². The van der Waals surface area contributed by atoms with Crippen LogP contribution in [-0.2, 0) is 6.54 Å². The van der Waals surface area contributed by atoms with Crippen molar-refractivity contribution in [2.75, 3.05) is 5.75 Å². The fourth-order valence-electron chi connectivity index (χ4n) is 2.87. The molecule has 1 aromatic carbocycles.